The number of halogens is 3. The Morgan fingerprint density at radius 3 is 2.76 bits per heavy atom. The monoisotopic (exact) mass is 404 g/mol. The molecule has 6 nitrogen and oxygen atoms in total. The minimum absolute atomic E-state index is 0.156. The zero-order valence-electron chi connectivity index (χ0n) is 15.8. The van der Waals surface area contributed by atoms with Crippen molar-refractivity contribution in [2.24, 2.45) is 0 Å². The maximum atomic E-state index is 12.8. The summed E-state index contributed by atoms with van der Waals surface area (Å²) < 4.78 is 45.7. The van der Waals surface area contributed by atoms with Crippen molar-refractivity contribution >= 4 is 11.6 Å². The molecule has 0 bridgehead atoms. The fourth-order valence-electron chi connectivity index (χ4n) is 2.88. The highest BCUT2D eigenvalue weighted by Gasteiger charge is 2.37. The number of carbonyl (C=O) groups is 1. The van der Waals surface area contributed by atoms with E-state index in [9.17, 15) is 18.0 Å². The number of aryl methyl sites for hydroxylation is 1. The molecular formula is C20H19F3N4O2. The lowest BCUT2D eigenvalue weighted by molar-refractivity contribution is -0.149. The van der Waals surface area contributed by atoms with E-state index in [-0.39, 0.29) is 17.4 Å². The Morgan fingerprint density at radius 2 is 2.07 bits per heavy atom. The summed E-state index contributed by atoms with van der Waals surface area (Å²) in [6, 6.07) is 7.27. The Morgan fingerprint density at radius 1 is 1.31 bits per heavy atom. The van der Waals surface area contributed by atoms with Crippen LogP contribution in [0.1, 0.15) is 35.9 Å². The number of fused-ring (bicyclic) bond motifs is 1. The molecule has 0 spiro atoms. The van der Waals surface area contributed by atoms with E-state index in [0.29, 0.717) is 5.69 Å². The first-order valence-corrected chi connectivity index (χ1v) is 9.22. The maximum absolute atomic E-state index is 12.8. The first kappa shape index (κ1) is 19.2. The van der Waals surface area contributed by atoms with E-state index < -0.39 is 18.1 Å². The molecule has 29 heavy (non-hydrogen) atoms. The molecule has 1 fully saturated rings. The summed E-state index contributed by atoms with van der Waals surface area (Å²) in [4.78, 5) is 20.9. The second kappa shape index (κ2) is 7.06. The second-order valence-corrected chi connectivity index (χ2v) is 7.15. The average molecular weight is 404 g/mol. The molecule has 1 aromatic carbocycles. The quantitative estimate of drug-likeness (QED) is 0.700. The number of carbonyl (C=O) groups excluding carboxylic acids is 1. The first-order chi connectivity index (χ1) is 13.7. The highest BCUT2D eigenvalue weighted by Crippen LogP contribution is 2.30. The van der Waals surface area contributed by atoms with Crippen LogP contribution in [0.15, 0.2) is 36.7 Å². The van der Waals surface area contributed by atoms with E-state index in [1.807, 2.05) is 42.6 Å². The van der Waals surface area contributed by atoms with E-state index in [2.05, 4.69) is 9.97 Å². The molecule has 1 N–H and O–H groups in total. The van der Waals surface area contributed by atoms with Crippen LogP contribution >= 0.6 is 0 Å². The fraction of sp³-hybridized carbons (Fsp3) is 0.350. The minimum Gasteiger partial charge on any atom is -0.490 e. The smallest absolute Gasteiger partial charge is 0.408 e. The summed E-state index contributed by atoms with van der Waals surface area (Å²) in [6.07, 6.45) is -0.831. The number of imidazole rings is 1. The van der Waals surface area contributed by atoms with Crippen molar-refractivity contribution in [1.82, 2.24) is 19.7 Å². The van der Waals surface area contributed by atoms with Gasteiger partial charge in [0.25, 0.3) is 5.91 Å². The van der Waals surface area contributed by atoms with Gasteiger partial charge in [-0.2, -0.15) is 13.2 Å². The third kappa shape index (κ3) is 4.03. The van der Waals surface area contributed by atoms with Gasteiger partial charge in [0.05, 0.1) is 11.8 Å². The van der Waals surface area contributed by atoms with Gasteiger partial charge in [0.1, 0.15) is 18.1 Å². The minimum atomic E-state index is -4.54. The first-order valence-electron chi connectivity index (χ1n) is 9.22. The molecule has 0 saturated heterocycles. The number of hydrogen-bond donors (Lipinski definition) is 1. The Labute approximate surface area is 164 Å². The molecule has 1 amide bonds. The van der Waals surface area contributed by atoms with Crippen LogP contribution in [-0.4, -0.2) is 38.6 Å². The molecule has 1 aliphatic carbocycles. The molecule has 1 atom stereocenters. The largest absolute Gasteiger partial charge is 0.490 e. The second-order valence-electron chi connectivity index (χ2n) is 7.15. The SMILES string of the molecule is Cc1cc(-c2cccc(OC3CC3)c2)nc2c(C(=O)NC(C)C(F)(F)F)ncn12. The number of hydrogen-bond acceptors (Lipinski definition) is 4. The van der Waals surface area contributed by atoms with Gasteiger partial charge in [0, 0.05) is 11.3 Å². The van der Waals surface area contributed by atoms with Crippen LogP contribution in [-0.2, 0) is 0 Å². The molecule has 9 heteroatoms. The number of ether oxygens (including phenoxy) is 1. The molecule has 2 aromatic heterocycles. The fourth-order valence-corrected chi connectivity index (χ4v) is 2.88. The zero-order valence-corrected chi connectivity index (χ0v) is 15.8. The molecule has 3 aromatic rings. The third-order valence-corrected chi connectivity index (χ3v) is 4.70. The van der Waals surface area contributed by atoms with Crippen LogP contribution in [0.5, 0.6) is 5.75 Å². The number of nitrogens with zero attached hydrogens (tertiary/aromatic N) is 3. The van der Waals surface area contributed by atoms with Gasteiger partial charge in [-0.3, -0.25) is 9.20 Å². The van der Waals surface area contributed by atoms with E-state index in [4.69, 9.17) is 4.74 Å². The number of amides is 1. The molecule has 1 aliphatic rings. The van der Waals surface area contributed by atoms with Crippen LogP contribution in [0.2, 0.25) is 0 Å². The summed E-state index contributed by atoms with van der Waals surface area (Å²) in [5.74, 6) is -0.193. The Hall–Kier alpha value is -3.10. The van der Waals surface area contributed by atoms with E-state index in [1.165, 1.54) is 6.33 Å². The Kier molecular flexibility index (Phi) is 4.68. The van der Waals surface area contributed by atoms with Gasteiger partial charge < -0.3 is 10.1 Å². The van der Waals surface area contributed by atoms with Crippen LogP contribution in [0, 0.1) is 6.92 Å². The Bertz CT molecular complexity index is 1070. The Balaban J connectivity index is 1.69. The average Bonchev–Trinajstić information content (AvgIpc) is 3.36. The predicted molar refractivity (Wildman–Crippen MR) is 99.8 cm³/mol. The van der Waals surface area contributed by atoms with E-state index >= 15 is 0 Å². The van der Waals surface area contributed by atoms with Crippen molar-refractivity contribution in [3.63, 3.8) is 0 Å². The molecule has 152 valence electrons. The number of aromatic nitrogens is 3. The number of rotatable bonds is 5. The van der Waals surface area contributed by atoms with Gasteiger partial charge in [-0.15, -0.1) is 0 Å². The molecule has 1 saturated carbocycles. The molecule has 0 radical (unpaired) electrons. The van der Waals surface area contributed by atoms with Crippen LogP contribution in [0.4, 0.5) is 13.2 Å². The van der Waals surface area contributed by atoms with Gasteiger partial charge in [0.2, 0.25) is 0 Å². The van der Waals surface area contributed by atoms with Crippen LogP contribution in [0.3, 0.4) is 0 Å². The van der Waals surface area contributed by atoms with E-state index in [1.54, 1.807) is 4.40 Å². The standard InChI is InChI=1S/C20H19F3N4O2/c1-11-8-16(13-4-3-5-15(9-13)29-14-6-7-14)26-18-17(24-10-27(11)18)19(28)25-12(2)20(21,22)23/h3-5,8-10,12,14H,6-7H2,1-2H3,(H,25,28). The summed E-state index contributed by atoms with van der Waals surface area (Å²) in [5.41, 5.74) is 2.14. The van der Waals surface area contributed by atoms with Crippen molar-refractivity contribution in [2.45, 2.75) is 45.0 Å². The van der Waals surface area contributed by atoms with Gasteiger partial charge in [0.15, 0.2) is 11.3 Å². The number of nitrogens with one attached hydrogen (secondary N) is 1. The van der Waals surface area contributed by atoms with Gasteiger partial charge in [-0.1, -0.05) is 12.1 Å². The lowest BCUT2D eigenvalue weighted by Gasteiger charge is -2.16. The van der Waals surface area contributed by atoms with Crippen LogP contribution in [0.25, 0.3) is 16.9 Å². The van der Waals surface area contributed by atoms with Crippen molar-refractivity contribution in [2.75, 3.05) is 0 Å². The van der Waals surface area contributed by atoms with Gasteiger partial charge >= 0.3 is 6.18 Å². The highest BCUT2D eigenvalue weighted by atomic mass is 19.4. The molecule has 4 rings (SSSR count). The lowest BCUT2D eigenvalue weighted by Crippen LogP contribution is -2.43. The summed E-state index contributed by atoms with van der Waals surface area (Å²) in [5, 5.41) is 1.93. The van der Waals surface area contributed by atoms with Crippen molar-refractivity contribution in [3.8, 4) is 17.0 Å². The number of alkyl halides is 3. The van der Waals surface area contributed by atoms with Crippen molar-refractivity contribution in [3.05, 3.63) is 48.0 Å². The molecule has 0 aliphatic heterocycles. The third-order valence-electron chi connectivity index (χ3n) is 4.70. The summed E-state index contributed by atoms with van der Waals surface area (Å²) >= 11 is 0. The van der Waals surface area contributed by atoms with Crippen LogP contribution < -0.4 is 10.1 Å². The zero-order chi connectivity index (χ0) is 20.8. The highest BCUT2D eigenvalue weighted by molar-refractivity contribution is 5.98. The topological polar surface area (TPSA) is 68.5 Å². The van der Waals surface area contributed by atoms with E-state index in [0.717, 1.165) is 36.8 Å². The molecule has 2 heterocycles. The lowest BCUT2D eigenvalue weighted by atomic mass is 10.1. The molecule has 1 unspecified atom stereocenters. The summed E-state index contributed by atoms with van der Waals surface area (Å²) in [6.45, 7) is 2.69. The van der Waals surface area contributed by atoms with Crippen molar-refractivity contribution < 1.29 is 22.7 Å². The van der Waals surface area contributed by atoms with Gasteiger partial charge in [-0.25, -0.2) is 9.97 Å². The predicted octanol–water partition coefficient (Wildman–Crippen LogP) is 3.93. The number of benzene rings is 1. The summed E-state index contributed by atoms with van der Waals surface area (Å²) in [7, 11) is 0. The molecular weight excluding hydrogens is 385 g/mol. The maximum Gasteiger partial charge on any atom is 0.408 e. The van der Waals surface area contributed by atoms with Crippen molar-refractivity contribution in [1.29, 1.82) is 0 Å². The normalized spacial score (nSPS) is 15.3. The van der Waals surface area contributed by atoms with Gasteiger partial charge in [-0.05, 0) is 44.9 Å².